The predicted molar refractivity (Wildman–Crippen MR) is 56.9 cm³/mol. The van der Waals surface area contributed by atoms with Gasteiger partial charge < -0.3 is 9.88 Å². The number of amides is 1. The van der Waals surface area contributed by atoms with Crippen molar-refractivity contribution in [2.24, 2.45) is 7.05 Å². The molecule has 1 aromatic heterocycles. The van der Waals surface area contributed by atoms with E-state index in [2.05, 4.69) is 22.5 Å². The van der Waals surface area contributed by atoms with Gasteiger partial charge in [-0.15, -0.1) is 0 Å². The summed E-state index contributed by atoms with van der Waals surface area (Å²) in [4.78, 5) is 11.0. The van der Waals surface area contributed by atoms with E-state index in [0.717, 1.165) is 6.42 Å². The van der Waals surface area contributed by atoms with Crippen LogP contribution in [-0.2, 0) is 18.3 Å². The van der Waals surface area contributed by atoms with Gasteiger partial charge in [-0.25, -0.2) is 0 Å². The summed E-state index contributed by atoms with van der Waals surface area (Å²) in [5.41, 5.74) is 1.21. The average molecular weight is 192 g/mol. The number of hydrogen-bond acceptors (Lipinski definition) is 1. The van der Waals surface area contributed by atoms with Crippen LogP contribution in [0.5, 0.6) is 0 Å². The fraction of sp³-hybridized carbons (Fsp3) is 0.364. The lowest BCUT2D eigenvalue weighted by molar-refractivity contribution is -0.117. The lowest BCUT2D eigenvalue weighted by atomic mass is 10.2. The first-order chi connectivity index (χ1) is 6.63. The minimum Gasteiger partial charge on any atom is -0.354 e. The van der Waals surface area contributed by atoms with Crippen molar-refractivity contribution in [2.45, 2.75) is 19.4 Å². The number of carbonyl (C=O) groups is 1. The zero-order valence-electron chi connectivity index (χ0n) is 8.66. The third-order valence-corrected chi connectivity index (χ3v) is 2.14. The minimum absolute atomic E-state index is 0.119. The van der Waals surface area contributed by atoms with Gasteiger partial charge in [0, 0.05) is 31.4 Å². The summed E-state index contributed by atoms with van der Waals surface area (Å²) >= 11 is 0. The van der Waals surface area contributed by atoms with Gasteiger partial charge in [0.1, 0.15) is 0 Å². The quantitative estimate of drug-likeness (QED) is 0.716. The molecule has 1 N–H and O–H groups in total. The fourth-order valence-corrected chi connectivity index (χ4v) is 1.38. The summed E-state index contributed by atoms with van der Waals surface area (Å²) in [6.45, 7) is 5.39. The fourth-order valence-electron chi connectivity index (χ4n) is 1.38. The Kier molecular flexibility index (Phi) is 3.51. The Morgan fingerprint density at radius 2 is 2.50 bits per heavy atom. The summed E-state index contributed by atoms with van der Waals surface area (Å²) < 4.78 is 2.05. The number of carbonyl (C=O) groups excluding carboxylic acids is 1. The van der Waals surface area contributed by atoms with Crippen molar-refractivity contribution in [1.29, 1.82) is 0 Å². The topological polar surface area (TPSA) is 34.0 Å². The van der Waals surface area contributed by atoms with E-state index in [-0.39, 0.29) is 11.9 Å². The van der Waals surface area contributed by atoms with E-state index in [1.807, 2.05) is 26.2 Å². The molecule has 0 aliphatic heterocycles. The Labute approximate surface area is 84.4 Å². The van der Waals surface area contributed by atoms with E-state index in [4.69, 9.17) is 0 Å². The maximum atomic E-state index is 11.0. The first kappa shape index (κ1) is 10.6. The zero-order chi connectivity index (χ0) is 10.6. The highest BCUT2D eigenvalue weighted by molar-refractivity contribution is 5.87. The van der Waals surface area contributed by atoms with E-state index in [1.165, 1.54) is 11.8 Å². The maximum absolute atomic E-state index is 11.0. The first-order valence-electron chi connectivity index (χ1n) is 4.66. The van der Waals surface area contributed by atoms with Gasteiger partial charge in [-0.05, 0) is 25.1 Å². The molecule has 0 saturated heterocycles. The van der Waals surface area contributed by atoms with Crippen LogP contribution in [0.1, 0.15) is 12.6 Å². The van der Waals surface area contributed by atoms with E-state index in [0.29, 0.717) is 0 Å². The molecule has 1 heterocycles. The number of aromatic nitrogens is 1. The smallest absolute Gasteiger partial charge is 0.243 e. The second-order valence-electron chi connectivity index (χ2n) is 3.43. The highest BCUT2D eigenvalue weighted by Gasteiger charge is 2.06. The van der Waals surface area contributed by atoms with Crippen LogP contribution < -0.4 is 5.32 Å². The molecule has 1 amide bonds. The maximum Gasteiger partial charge on any atom is 0.243 e. The van der Waals surface area contributed by atoms with Crippen molar-refractivity contribution in [3.8, 4) is 0 Å². The number of nitrogens with one attached hydrogen (secondary N) is 1. The first-order valence-corrected chi connectivity index (χ1v) is 4.66. The van der Waals surface area contributed by atoms with Crippen LogP contribution in [0.3, 0.4) is 0 Å². The molecule has 3 nitrogen and oxygen atoms in total. The zero-order valence-corrected chi connectivity index (χ0v) is 8.66. The van der Waals surface area contributed by atoms with Crippen molar-refractivity contribution in [3.63, 3.8) is 0 Å². The molecule has 0 fully saturated rings. The standard InChI is InChI=1S/C11H16N2O/c1-4-11(14)12-9(2)8-10-6-5-7-13(10)3/h4-7,9H,1,8H2,2-3H3,(H,12,14). The molecule has 0 saturated carbocycles. The van der Waals surface area contributed by atoms with Crippen molar-refractivity contribution in [2.75, 3.05) is 0 Å². The van der Waals surface area contributed by atoms with E-state index in [9.17, 15) is 4.79 Å². The SMILES string of the molecule is C=CC(=O)NC(C)Cc1cccn1C. The normalized spacial score (nSPS) is 12.1. The number of nitrogens with zero attached hydrogens (tertiary/aromatic N) is 1. The van der Waals surface area contributed by atoms with Gasteiger partial charge in [-0.1, -0.05) is 6.58 Å². The van der Waals surface area contributed by atoms with Crippen LogP contribution in [0.2, 0.25) is 0 Å². The summed E-state index contributed by atoms with van der Waals surface area (Å²) in [5, 5.41) is 2.82. The van der Waals surface area contributed by atoms with Gasteiger partial charge in [0.25, 0.3) is 0 Å². The number of rotatable bonds is 4. The molecule has 1 unspecified atom stereocenters. The molecule has 0 aromatic carbocycles. The summed E-state index contributed by atoms with van der Waals surface area (Å²) in [5.74, 6) is -0.119. The van der Waals surface area contributed by atoms with Gasteiger partial charge >= 0.3 is 0 Å². The third kappa shape index (κ3) is 2.76. The number of hydrogen-bond donors (Lipinski definition) is 1. The molecule has 3 heteroatoms. The molecular formula is C11H16N2O. The Hall–Kier alpha value is -1.51. The molecule has 76 valence electrons. The van der Waals surface area contributed by atoms with Gasteiger partial charge in [-0.2, -0.15) is 0 Å². The van der Waals surface area contributed by atoms with Crippen LogP contribution in [0, 0.1) is 0 Å². The average Bonchev–Trinajstić information content (AvgIpc) is 2.51. The highest BCUT2D eigenvalue weighted by Crippen LogP contribution is 2.03. The number of aryl methyl sites for hydroxylation is 1. The van der Waals surface area contributed by atoms with Crippen molar-refractivity contribution in [1.82, 2.24) is 9.88 Å². The lowest BCUT2D eigenvalue weighted by Crippen LogP contribution is -2.33. The third-order valence-electron chi connectivity index (χ3n) is 2.14. The molecule has 14 heavy (non-hydrogen) atoms. The molecule has 0 spiro atoms. The predicted octanol–water partition coefficient (Wildman–Crippen LogP) is 1.26. The van der Waals surface area contributed by atoms with E-state index >= 15 is 0 Å². The largest absolute Gasteiger partial charge is 0.354 e. The van der Waals surface area contributed by atoms with Gasteiger partial charge in [0.2, 0.25) is 5.91 Å². The lowest BCUT2D eigenvalue weighted by Gasteiger charge is -2.12. The minimum atomic E-state index is -0.119. The van der Waals surface area contributed by atoms with Crippen LogP contribution in [0.25, 0.3) is 0 Å². The summed E-state index contributed by atoms with van der Waals surface area (Å²) in [6.07, 6.45) is 4.13. The van der Waals surface area contributed by atoms with Crippen LogP contribution in [0.4, 0.5) is 0 Å². The molecule has 0 aliphatic carbocycles. The summed E-state index contributed by atoms with van der Waals surface area (Å²) in [7, 11) is 2.00. The van der Waals surface area contributed by atoms with Gasteiger partial charge in [0.05, 0.1) is 0 Å². The van der Waals surface area contributed by atoms with E-state index in [1.54, 1.807) is 0 Å². The molecule has 1 aromatic rings. The Balaban J connectivity index is 2.49. The monoisotopic (exact) mass is 192 g/mol. The van der Waals surface area contributed by atoms with Crippen molar-refractivity contribution >= 4 is 5.91 Å². The second kappa shape index (κ2) is 4.65. The van der Waals surface area contributed by atoms with Crippen molar-refractivity contribution < 1.29 is 4.79 Å². The van der Waals surface area contributed by atoms with Gasteiger partial charge in [-0.3, -0.25) is 4.79 Å². The second-order valence-corrected chi connectivity index (χ2v) is 3.43. The Bertz CT molecular complexity index is 328. The Morgan fingerprint density at radius 3 is 3.00 bits per heavy atom. The summed E-state index contributed by atoms with van der Waals surface area (Å²) in [6, 6.07) is 4.18. The van der Waals surface area contributed by atoms with Crippen LogP contribution in [-0.4, -0.2) is 16.5 Å². The molecule has 0 aliphatic rings. The molecule has 0 bridgehead atoms. The van der Waals surface area contributed by atoms with Crippen molar-refractivity contribution in [3.05, 3.63) is 36.7 Å². The van der Waals surface area contributed by atoms with Gasteiger partial charge in [0.15, 0.2) is 0 Å². The molecular weight excluding hydrogens is 176 g/mol. The molecule has 1 rings (SSSR count). The van der Waals surface area contributed by atoms with Crippen LogP contribution >= 0.6 is 0 Å². The molecule has 1 atom stereocenters. The van der Waals surface area contributed by atoms with E-state index < -0.39 is 0 Å². The molecule has 0 radical (unpaired) electrons. The Morgan fingerprint density at radius 1 is 1.79 bits per heavy atom. The highest BCUT2D eigenvalue weighted by atomic mass is 16.1. The van der Waals surface area contributed by atoms with Crippen LogP contribution in [0.15, 0.2) is 31.0 Å².